The number of amides is 4. The average molecular weight is 642 g/mol. The molecule has 4 amide bonds. The van der Waals surface area contributed by atoms with E-state index >= 15 is 0 Å². The predicted octanol–water partition coefficient (Wildman–Crippen LogP) is 3.08. The first-order valence-electron chi connectivity index (χ1n) is 15.9. The van der Waals surface area contributed by atoms with Crippen molar-refractivity contribution in [2.45, 2.75) is 49.4 Å². The molecule has 2 aliphatic heterocycles. The summed E-state index contributed by atoms with van der Waals surface area (Å²) in [6.07, 6.45) is 9.62. The Morgan fingerprint density at radius 2 is 1.85 bits per heavy atom. The van der Waals surface area contributed by atoms with Crippen LogP contribution in [0.4, 0.5) is 4.79 Å². The second kappa shape index (κ2) is 14.3. The normalized spacial score (nSPS) is 22.0. The van der Waals surface area contributed by atoms with Gasteiger partial charge in [-0.3, -0.25) is 14.4 Å². The third kappa shape index (κ3) is 7.18. The van der Waals surface area contributed by atoms with Crippen LogP contribution in [0.5, 0.6) is 0 Å². The smallest absolute Gasteiger partial charge is 0.315 e. The number of urea groups is 1. The Kier molecular flexibility index (Phi) is 9.84. The van der Waals surface area contributed by atoms with Crippen molar-refractivity contribution in [1.29, 1.82) is 0 Å². The van der Waals surface area contributed by atoms with Crippen molar-refractivity contribution in [2.24, 2.45) is 11.7 Å². The summed E-state index contributed by atoms with van der Waals surface area (Å²) in [5, 5.41) is 18.5. The van der Waals surface area contributed by atoms with Crippen LogP contribution in [0.15, 0.2) is 66.8 Å². The fraction of sp³-hybridized carbons (Fsp3) is 0.382. The number of rotatable bonds is 14. The lowest BCUT2D eigenvalue weighted by atomic mass is 9.93. The van der Waals surface area contributed by atoms with Gasteiger partial charge >= 0.3 is 6.03 Å². The number of para-hydroxylation sites is 1. The van der Waals surface area contributed by atoms with E-state index in [0.717, 1.165) is 53.6 Å². The van der Waals surface area contributed by atoms with Crippen molar-refractivity contribution in [3.63, 3.8) is 0 Å². The molecule has 0 saturated carbocycles. The molecule has 240 valence electrons. The Hall–Kier alpha value is -4.42. The molecule has 2 fully saturated rings. The summed E-state index contributed by atoms with van der Waals surface area (Å²) in [5.41, 5.74) is 8.96. The Morgan fingerprint density at radius 1 is 1.02 bits per heavy atom. The summed E-state index contributed by atoms with van der Waals surface area (Å²) in [5.74, 6) is 0.275. The van der Waals surface area contributed by atoms with Gasteiger partial charge < -0.3 is 27.0 Å². The van der Waals surface area contributed by atoms with Gasteiger partial charge in [-0.1, -0.05) is 36.8 Å². The Balaban J connectivity index is 0.913. The third-order valence-corrected chi connectivity index (χ3v) is 10.2. The summed E-state index contributed by atoms with van der Waals surface area (Å²) < 4.78 is 1.81. The molecule has 6 N–H and O–H groups in total. The summed E-state index contributed by atoms with van der Waals surface area (Å²) >= 11 is 1.90. The number of thioether (sulfide) groups is 1. The van der Waals surface area contributed by atoms with Crippen molar-refractivity contribution >= 4 is 51.9 Å². The highest BCUT2D eigenvalue weighted by atomic mass is 32.2. The van der Waals surface area contributed by atoms with Crippen LogP contribution in [0.25, 0.3) is 22.2 Å². The second-order valence-electron chi connectivity index (χ2n) is 11.9. The summed E-state index contributed by atoms with van der Waals surface area (Å²) in [4.78, 5) is 48.3. The molecule has 3 aliphatic rings. The number of ketones is 1. The molecule has 12 heteroatoms. The van der Waals surface area contributed by atoms with Gasteiger partial charge in [-0.15, -0.1) is 0 Å². The molecule has 1 aliphatic carbocycles. The van der Waals surface area contributed by atoms with Gasteiger partial charge in [0.05, 0.1) is 29.2 Å². The van der Waals surface area contributed by atoms with E-state index in [4.69, 9.17) is 10.8 Å². The van der Waals surface area contributed by atoms with Gasteiger partial charge in [0.1, 0.15) is 5.69 Å². The zero-order valence-corrected chi connectivity index (χ0v) is 26.4. The summed E-state index contributed by atoms with van der Waals surface area (Å²) in [6, 6.07) is 15.2. The minimum absolute atomic E-state index is 0.0147. The largest absolute Gasteiger partial charge is 0.366 e. The van der Waals surface area contributed by atoms with E-state index < -0.39 is 5.91 Å². The first-order valence-corrected chi connectivity index (χ1v) is 16.9. The number of carbonyl (C=O) groups excluding carboxylic acids is 4. The molecule has 1 aromatic heterocycles. The molecule has 0 radical (unpaired) electrons. The molecule has 0 spiro atoms. The van der Waals surface area contributed by atoms with E-state index in [1.807, 2.05) is 48.2 Å². The molecular formula is C34H39N7O4S. The Morgan fingerprint density at radius 3 is 2.65 bits per heavy atom. The number of unbranched alkanes of at least 4 members (excludes halogenated alkanes) is 1. The molecule has 4 unspecified atom stereocenters. The van der Waals surface area contributed by atoms with Crippen LogP contribution in [0.1, 0.15) is 48.2 Å². The molecule has 2 aromatic carbocycles. The maximum absolute atomic E-state index is 13.1. The highest BCUT2D eigenvalue weighted by Gasteiger charge is 2.42. The lowest BCUT2D eigenvalue weighted by molar-refractivity contribution is -0.121. The number of benzene rings is 2. The van der Waals surface area contributed by atoms with Crippen LogP contribution in [0.3, 0.4) is 0 Å². The highest BCUT2D eigenvalue weighted by Crippen LogP contribution is 2.33. The first-order chi connectivity index (χ1) is 22.4. The molecule has 3 aromatic rings. The van der Waals surface area contributed by atoms with Gasteiger partial charge in [0, 0.05) is 47.0 Å². The number of nitrogens with one attached hydrogen (secondary N) is 4. The number of nitrogens with two attached hydrogens (primary N) is 1. The van der Waals surface area contributed by atoms with E-state index in [-0.39, 0.29) is 35.7 Å². The number of aromatic nitrogens is 2. The van der Waals surface area contributed by atoms with Crippen LogP contribution >= 0.6 is 11.8 Å². The molecule has 11 nitrogen and oxygen atoms in total. The quantitative estimate of drug-likeness (QED) is 0.134. The summed E-state index contributed by atoms with van der Waals surface area (Å²) in [6.45, 7) is 1.80. The van der Waals surface area contributed by atoms with E-state index in [0.29, 0.717) is 42.6 Å². The van der Waals surface area contributed by atoms with Crippen LogP contribution < -0.4 is 27.0 Å². The molecule has 3 heterocycles. The number of hydrogen-bond acceptors (Lipinski definition) is 7. The fourth-order valence-corrected chi connectivity index (χ4v) is 7.79. The van der Waals surface area contributed by atoms with Crippen molar-refractivity contribution in [2.75, 3.05) is 25.4 Å². The Labute approximate surface area is 271 Å². The van der Waals surface area contributed by atoms with Gasteiger partial charge in [0.2, 0.25) is 11.8 Å². The summed E-state index contributed by atoms with van der Waals surface area (Å²) in [7, 11) is 0. The van der Waals surface area contributed by atoms with Gasteiger partial charge in [-0.25, -0.2) is 9.48 Å². The van der Waals surface area contributed by atoms with E-state index in [9.17, 15) is 19.2 Å². The zero-order valence-electron chi connectivity index (χ0n) is 25.5. The highest BCUT2D eigenvalue weighted by molar-refractivity contribution is 8.00. The minimum Gasteiger partial charge on any atom is -0.366 e. The topological polar surface area (TPSA) is 160 Å². The standard InChI is InChI=1S/C34H39N7O4S/c35-33(44)21-12-14-24(15-13-21)41-27-7-2-1-6-25(27)31(40-41)22-10-11-23(28(42)18-22)19-36-16-5-17-37-30(43)9-4-3-8-29-32-26(20-46-29)38-34(45)39-32/h1-2,6-7,10-15,18,23,26,29,32,36H,3-5,8-9,16-17,19-20H2,(H2,35,44)(H,37,43)(H2,38,39,45). The van der Waals surface area contributed by atoms with Crippen molar-refractivity contribution in [3.05, 3.63) is 78.0 Å². The number of carbonyl (C=O) groups is 4. The van der Waals surface area contributed by atoms with Gasteiger partial charge in [-0.05, 0) is 62.2 Å². The van der Waals surface area contributed by atoms with E-state index in [1.54, 1.807) is 35.0 Å². The first kappa shape index (κ1) is 31.6. The van der Waals surface area contributed by atoms with Crippen LogP contribution in [-0.4, -0.2) is 76.1 Å². The minimum atomic E-state index is -0.486. The van der Waals surface area contributed by atoms with Gasteiger partial charge in [0.15, 0.2) is 5.78 Å². The monoisotopic (exact) mass is 641 g/mol. The van der Waals surface area contributed by atoms with Crippen molar-refractivity contribution < 1.29 is 19.2 Å². The SMILES string of the molecule is NC(=O)c1ccc(-n2nc(C3=CC(=O)C(CNCCCNC(=O)CCCCC4SCC5NC(=O)NC54)C=C3)c3ccccc32)cc1. The van der Waals surface area contributed by atoms with E-state index in [1.165, 1.54) is 0 Å². The number of fused-ring (bicyclic) bond motifs is 2. The van der Waals surface area contributed by atoms with Crippen LogP contribution in [-0.2, 0) is 9.59 Å². The number of primary amides is 1. The lowest BCUT2D eigenvalue weighted by Crippen LogP contribution is -2.36. The maximum atomic E-state index is 13.1. The number of nitrogens with zero attached hydrogens (tertiary/aromatic N) is 2. The van der Waals surface area contributed by atoms with Gasteiger partial charge in [0.25, 0.3) is 0 Å². The second-order valence-corrected chi connectivity index (χ2v) is 13.2. The maximum Gasteiger partial charge on any atom is 0.315 e. The molecule has 46 heavy (non-hydrogen) atoms. The fourth-order valence-electron chi connectivity index (χ4n) is 6.24. The zero-order chi connectivity index (χ0) is 32.0. The van der Waals surface area contributed by atoms with Crippen molar-refractivity contribution in [1.82, 2.24) is 31.0 Å². The van der Waals surface area contributed by atoms with Crippen molar-refractivity contribution in [3.8, 4) is 5.69 Å². The molecular weight excluding hydrogens is 602 g/mol. The molecule has 6 rings (SSSR count). The number of allylic oxidation sites excluding steroid dienone is 3. The molecule has 2 saturated heterocycles. The van der Waals surface area contributed by atoms with Gasteiger partial charge in [-0.2, -0.15) is 16.9 Å². The molecule has 0 bridgehead atoms. The van der Waals surface area contributed by atoms with Crippen LogP contribution in [0.2, 0.25) is 0 Å². The Bertz CT molecular complexity index is 1680. The van der Waals surface area contributed by atoms with E-state index in [2.05, 4.69) is 21.3 Å². The van der Waals surface area contributed by atoms with Crippen LogP contribution in [0, 0.1) is 5.92 Å². The number of hydrogen-bond donors (Lipinski definition) is 5. The third-order valence-electron chi connectivity index (χ3n) is 8.73. The lowest BCUT2D eigenvalue weighted by Gasteiger charge is -2.16. The predicted molar refractivity (Wildman–Crippen MR) is 180 cm³/mol. The average Bonchev–Trinajstić information content (AvgIpc) is 3.74. The molecule has 4 atom stereocenters.